The van der Waals surface area contributed by atoms with Gasteiger partial charge < -0.3 is 14.7 Å². The van der Waals surface area contributed by atoms with E-state index in [1.54, 1.807) is 38.6 Å². The van der Waals surface area contributed by atoms with E-state index in [1.807, 2.05) is 18.2 Å². The largest absolute Gasteiger partial charge is 0.493 e. The van der Waals surface area contributed by atoms with Crippen molar-refractivity contribution in [3.05, 3.63) is 48.8 Å². The number of pyridine rings is 1. The quantitative estimate of drug-likeness (QED) is 0.750. The minimum Gasteiger partial charge on any atom is -0.493 e. The Bertz CT molecular complexity index is 785. The molecule has 0 aliphatic rings. The molecule has 1 aromatic carbocycles. The highest BCUT2D eigenvalue weighted by Crippen LogP contribution is 2.32. The predicted octanol–water partition coefficient (Wildman–Crippen LogP) is 2.87. The van der Waals surface area contributed by atoms with Crippen LogP contribution in [0.1, 0.15) is 0 Å². The molecule has 3 rings (SSSR count). The lowest BCUT2D eigenvalue weighted by Crippen LogP contribution is -1.95. The van der Waals surface area contributed by atoms with Crippen LogP contribution >= 0.6 is 0 Å². The molecule has 6 heteroatoms. The van der Waals surface area contributed by atoms with Gasteiger partial charge in [-0.3, -0.25) is 4.98 Å². The summed E-state index contributed by atoms with van der Waals surface area (Å²) in [6.45, 7) is 0. The van der Waals surface area contributed by atoms with Crippen molar-refractivity contribution in [3.63, 3.8) is 0 Å². The molecular weight excluding hydrogens is 282 g/mol. The molecule has 3 aromatic rings. The maximum atomic E-state index is 10.1. The summed E-state index contributed by atoms with van der Waals surface area (Å²) in [6.07, 6.45) is 3.20. The van der Waals surface area contributed by atoms with Gasteiger partial charge >= 0.3 is 0 Å². The Morgan fingerprint density at radius 1 is 1.00 bits per heavy atom. The van der Waals surface area contributed by atoms with E-state index in [9.17, 15) is 5.21 Å². The van der Waals surface area contributed by atoms with Crippen LogP contribution in [0.5, 0.6) is 11.5 Å². The maximum Gasteiger partial charge on any atom is 0.176 e. The summed E-state index contributed by atoms with van der Waals surface area (Å²) in [7, 11) is 3.13. The number of aromatic nitrogens is 3. The third-order valence-corrected chi connectivity index (χ3v) is 3.26. The third-order valence-electron chi connectivity index (χ3n) is 3.26. The second kappa shape index (κ2) is 5.77. The number of hydrogen-bond acceptors (Lipinski definition) is 5. The van der Waals surface area contributed by atoms with Gasteiger partial charge in [0.25, 0.3) is 0 Å². The molecule has 0 amide bonds. The fourth-order valence-corrected chi connectivity index (χ4v) is 2.18. The smallest absolute Gasteiger partial charge is 0.176 e. The van der Waals surface area contributed by atoms with E-state index in [1.165, 1.54) is 6.20 Å². The number of ether oxygens (including phenoxy) is 2. The molecule has 0 saturated carbocycles. The molecule has 0 radical (unpaired) electrons. The number of imidazole rings is 1. The Kier molecular flexibility index (Phi) is 3.65. The Labute approximate surface area is 127 Å². The first-order chi connectivity index (χ1) is 10.7. The van der Waals surface area contributed by atoms with Gasteiger partial charge in [-0.25, -0.2) is 4.98 Å². The third kappa shape index (κ3) is 2.46. The summed E-state index contributed by atoms with van der Waals surface area (Å²) < 4.78 is 11.5. The summed E-state index contributed by atoms with van der Waals surface area (Å²) in [4.78, 5) is 8.66. The van der Waals surface area contributed by atoms with Crippen molar-refractivity contribution in [3.8, 4) is 34.3 Å². The van der Waals surface area contributed by atoms with E-state index in [0.717, 1.165) is 4.73 Å². The molecule has 0 unspecified atom stereocenters. The summed E-state index contributed by atoms with van der Waals surface area (Å²) in [6, 6.07) is 10.9. The highest BCUT2D eigenvalue weighted by atomic mass is 16.5. The van der Waals surface area contributed by atoms with Gasteiger partial charge in [-0.1, -0.05) is 6.07 Å². The summed E-state index contributed by atoms with van der Waals surface area (Å²) in [5, 5.41) is 10.1. The normalized spacial score (nSPS) is 10.5. The molecule has 112 valence electrons. The average molecular weight is 297 g/mol. The van der Waals surface area contributed by atoms with Gasteiger partial charge in [0.1, 0.15) is 5.69 Å². The second-order valence-electron chi connectivity index (χ2n) is 4.58. The lowest BCUT2D eigenvalue weighted by Gasteiger charge is -2.08. The van der Waals surface area contributed by atoms with Gasteiger partial charge in [0, 0.05) is 11.8 Å². The van der Waals surface area contributed by atoms with Crippen LogP contribution in [-0.4, -0.2) is 34.1 Å². The molecule has 1 N–H and O–H groups in total. The number of hydrogen-bond donors (Lipinski definition) is 1. The predicted molar refractivity (Wildman–Crippen MR) is 81.2 cm³/mol. The zero-order valence-corrected chi connectivity index (χ0v) is 12.2. The van der Waals surface area contributed by atoms with Crippen LogP contribution in [0, 0.1) is 0 Å². The molecular formula is C16H15N3O3. The van der Waals surface area contributed by atoms with Crippen molar-refractivity contribution in [1.29, 1.82) is 0 Å². The fraction of sp³-hybridized carbons (Fsp3) is 0.125. The number of methoxy groups -OCH3 is 2. The lowest BCUT2D eigenvalue weighted by atomic mass is 10.2. The van der Waals surface area contributed by atoms with Gasteiger partial charge in [0.2, 0.25) is 0 Å². The summed E-state index contributed by atoms with van der Waals surface area (Å²) in [5.74, 6) is 1.59. The fourth-order valence-electron chi connectivity index (χ4n) is 2.18. The number of rotatable bonds is 4. The molecule has 6 nitrogen and oxygen atoms in total. The van der Waals surface area contributed by atoms with Crippen molar-refractivity contribution in [2.45, 2.75) is 0 Å². The first kappa shape index (κ1) is 13.9. The van der Waals surface area contributed by atoms with Crippen molar-refractivity contribution in [2.75, 3.05) is 14.2 Å². The van der Waals surface area contributed by atoms with Gasteiger partial charge in [0.05, 0.1) is 26.1 Å². The molecule has 0 fully saturated rings. The van der Waals surface area contributed by atoms with Crippen LogP contribution in [0.4, 0.5) is 0 Å². The van der Waals surface area contributed by atoms with Crippen molar-refractivity contribution >= 4 is 0 Å². The number of benzene rings is 1. The highest BCUT2D eigenvalue weighted by Gasteiger charge is 2.14. The molecule has 2 aromatic heterocycles. The van der Waals surface area contributed by atoms with Crippen LogP contribution in [-0.2, 0) is 0 Å². The van der Waals surface area contributed by atoms with E-state index < -0.39 is 0 Å². The van der Waals surface area contributed by atoms with Crippen molar-refractivity contribution < 1.29 is 14.7 Å². The monoisotopic (exact) mass is 297 g/mol. The van der Waals surface area contributed by atoms with Crippen LogP contribution in [0.25, 0.3) is 22.8 Å². The van der Waals surface area contributed by atoms with Gasteiger partial charge in [0.15, 0.2) is 17.3 Å². The zero-order valence-electron chi connectivity index (χ0n) is 12.2. The van der Waals surface area contributed by atoms with Crippen LogP contribution in [0.2, 0.25) is 0 Å². The van der Waals surface area contributed by atoms with E-state index in [2.05, 4.69) is 9.97 Å². The summed E-state index contributed by atoms with van der Waals surface area (Å²) in [5.41, 5.74) is 1.99. The standard InChI is InChI=1S/C16H15N3O3/c1-21-14-7-6-11(9-15(14)22-2)16-18-13(10-19(16)20)12-5-3-4-8-17-12/h3-10,20H,1-2H3. The van der Waals surface area contributed by atoms with Gasteiger partial charge in [-0.2, -0.15) is 4.73 Å². The van der Waals surface area contributed by atoms with E-state index in [4.69, 9.17) is 9.47 Å². The molecule has 2 heterocycles. The second-order valence-corrected chi connectivity index (χ2v) is 4.58. The Balaban J connectivity index is 2.04. The molecule has 0 saturated heterocycles. The van der Waals surface area contributed by atoms with E-state index >= 15 is 0 Å². The molecule has 0 bridgehead atoms. The molecule has 0 aliphatic carbocycles. The summed E-state index contributed by atoms with van der Waals surface area (Å²) >= 11 is 0. The van der Waals surface area contributed by atoms with Crippen LogP contribution in [0.3, 0.4) is 0 Å². The van der Waals surface area contributed by atoms with Crippen LogP contribution in [0.15, 0.2) is 48.8 Å². The first-order valence-corrected chi connectivity index (χ1v) is 6.65. The average Bonchev–Trinajstić information content (AvgIpc) is 2.97. The van der Waals surface area contributed by atoms with Gasteiger partial charge in [-0.05, 0) is 30.3 Å². The van der Waals surface area contributed by atoms with Crippen LogP contribution < -0.4 is 9.47 Å². The highest BCUT2D eigenvalue weighted by molar-refractivity contribution is 5.65. The van der Waals surface area contributed by atoms with E-state index in [0.29, 0.717) is 34.3 Å². The molecule has 0 spiro atoms. The Morgan fingerprint density at radius 2 is 1.82 bits per heavy atom. The lowest BCUT2D eigenvalue weighted by molar-refractivity contribution is 0.191. The molecule has 0 aliphatic heterocycles. The SMILES string of the molecule is COc1ccc(-c2nc(-c3ccccn3)cn2O)cc1OC. The molecule has 22 heavy (non-hydrogen) atoms. The Morgan fingerprint density at radius 3 is 2.50 bits per heavy atom. The van der Waals surface area contributed by atoms with E-state index in [-0.39, 0.29) is 0 Å². The van der Waals surface area contributed by atoms with Gasteiger partial charge in [-0.15, -0.1) is 0 Å². The van der Waals surface area contributed by atoms with Crippen molar-refractivity contribution in [1.82, 2.24) is 14.7 Å². The first-order valence-electron chi connectivity index (χ1n) is 6.65. The topological polar surface area (TPSA) is 69.4 Å². The molecule has 0 atom stereocenters. The van der Waals surface area contributed by atoms with Crippen molar-refractivity contribution in [2.24, 2.45) is 0 Å². The Hall–Kier alpha value is -3.02. The number of nitrogens with zero attached hydrogens (tertiary/aromatic N) is 3. The maximum absolute atomic E-state index is 10.1. The zero-order chi connectivity index (χ0) is 15.5. The minimum absolute atomic E-state index is 0.404. The minimum atomic E-state index is 0.404.